The fraction of sp³-hybridized carbons (Fsp3) is 0.609. The molecule has 0 amide bonds. The summed E-state index contributed by atoms with van der Waals surface area (Å²) in [6, 6.07) is 5.96. The molecular formula is C23H30F3NO2. The predicted octanol–water partition coefficient (Wildman–Crippen LogP) is 6.33. The van der Waals surface area contributed by atoms with Gasteiger partial charge in [-0.15, -0.1) is 0 Å². The number of hydrogen-bond acceptors (Lipinski definition) is 3. The summed E-state index contributed by atoms with van der Waals surface area (Å²) in [5, 5.41) is 9.33. The number of nitrogens with zero attached hydrogens (tertiary/aromatic N) is 1. The average Bonchev–Trinajstić information content (AvgIpc) is 2.65. The quantitative estimate of drug-likeness (QED) is 0.641. The zero-order valence-electron chi connectivity index (χ0n) is 17.5. The number of fused-ring (bicyclic) bond motifs is 1. The van der Waals surface area contributed by atoms with Gasteiger partial charge in [0.1, 0.15) is 11.3 Å². The monoisotopic (exact) mass is 409 g/mol. The maximum absolute atomic E-state index is 13.9. The highest BCUT2D eigenvalue weighted by Crippen LogP contribution is 2.43. The van der Waals surface area contributed by atoms with E-state index in [-0.39, 0.29) is 40.7 Å². The first-order chi connectivity index (χ1) is 13.5. The van der Waals surface area contributed by atoms with Crippen LogP contribution >= 0.6 is 0 Å². The maximum Gasteiger partial charge on any atom is 0.420 e. The summed E-state index contributed by atoms with van der Waals surface area (Å²) >= 11 is 0. The molecule has 2 aromatic rings. The van der Waals surface area contributed by atoms with E-state index in [2.05, 4.69) is 25.8 Å². The van der Waals surface area contributed by atoms with Crippen molar-refractivity contribution in [1.82, 2.24) is 4.98 Å². The molecule has 1 saturated carbocycles. The van der Waals surface area contributed by atoms with Crippen LogP contribution < -0.4 is 4.74 Å². The molecule has 0 spiro atoms. The van der Waals surface area contributed by atoms with Crippen LogP contribution in [-0.2, 0) is 6.18 Å². The fourth-order valence-electron chi connectivity index (χ4n) is 4.18. The Morgan fingerprint density at radius 1 is 1.07 bits per heavy atom. The molecule has 0 saturated heterocycles. The van der Waals surface area contributed by atoms with Crippen molar-refractivity contribution in [2.75, 3.05) is 6.61 Å². The molecule has 1 aromatic carbocycles. The number of rotatable bonds is 4. The van der Waals surface area contributed by atoms with E-state index < -0.39 is 11.7 Å². The minimum atomic E-state index is -4.54. The molecule has 0 radical (unpaired) electrons. The van der Waals surface area contributed by atoms with Crippen molar-refractivity contribution >= 4 is 10.9 Å². The fourth-order valence-corrected chi connectivity index (χ4v) is 4.18. The summed E-state index contributed by atoms with van der Waals surface area (Å²) < 4.78 is 47.7. The zero-order chi connectivity index (χ0) is 21.4. The van der Waals surface area contributed by atoms with Gasteiger partial charge in [0, 0.05) is 17.0 Å². The average molecular weight is 409 g/mol. The van der Waals surface area contributed by atoms with Gasteiger partial charge in [0.2, 0.25) is 0 Å². The summed E-state index contributed by atoms with van der Waals surface area (Å²) in [6.45, 7) is 8.31. The topological polar surface area (TPSA) is 42.4 Å². The molecule has 1 heterocycles. The van der Waals surface area contributed by atoms with Crippen LogP contribution in [0, 0.1) is 11.3 Å². The van der Waals surface area contributed by atoms with E-state index in [0.29, 0.717) is 11.6 Å². The number of pyridine rings is 1. The van der Waals surface area contributed by atoms with E-state index >= 15 is 0 Å². The Morgan fingerprint density at radius 2 is 1.72 bits per heavy atom. The summed E-state index contributed by atoms with van der Waals surface area (Å²) in [4.78, 5) is 4.33. The second kappa shape index (κ2) is 8.13. The third-order valence-corrected chi connectivity index (χ3v) is 6.11. The lowest BCUT2D eigenvalue weighted by atomic mass is 9.72. The molecule has 0 aliphatic heterocycles. The highest BCUT2D eigenvalue weighted by atomic mass is 19.4. The zero-order valence-corrected chi connectivity index (χ0v) is 17.5. The smallest absolute Gasteiger partial charge is 0.420 e. The molecule has 1 aromatic heterocycles. The first kappa shape index (κ1) is 21.9. The van der Waals surface area contributed by atoms with Gasteiger partial charge in [0.05, 0.1) is 18.2 Å². The van der Waals surface area contributed by atoms with Crippen LogP contribution in [0.2, 0.25) is 0 Å². The molecular weight excluding hydrogens is 379 g/mol. The van der Waals surface area contributed by atoms with Gasteiger partial charge in [-0.3, -0.25) is 4.98 Å². The number of aromatic nitrogens is 1. The molecule has 3 nitrogen and oxygen atoms in total. The van der Waals surface area contributed by atoms with Gasteiger partial charge in [-0.1, -0.05) is 33.8 Å². The largest absolute Gasteiger partial charge is 0.490 e. The molecule has 1 atom stereocenters. The molecule has 3 rings (SSSR count). The Balaban J connectivity index is 1.90. The number of aliphatic hydroxyl groups excluding tert-OH is 1. The Morgan fingerprint density at radius 3 is 2.28 bits per heavy atom. The lowest BCUT2D eigenvalue weighted by Crippen LogP contribution is -2.31. The minimum absolute atomic E-state index is 0.0345. The van der Waals surface area contributed by atoms with Crippen LogP contribution in [0.1, 0.15) is 70.6 Å². The molecule has 1 aliphatic carbocycles. The molecule has 29 heavy (non-hydrogen) atoms. The Hall–Kier alpha value is -1.82. The Bertz CT molecular complexity index is 850. The van der Waals surface area contributed by atoms with E-state index in [9.17, 15) is 18.3 Å². The van der Waals surface area contributed by atoms with Crippen molar-refractivity contribution in [3.63, 3.8) is 0 Å². The number of benzene rings is 1. The third kappa shape index (κ3) is 4.85. The molecule has 6 heteroatoms. The number of hydrogen-bond donors (Lipinski definition) is 1. The Kier molecular flexibility index (Phi) is 6.13. The van der Waals surface area contributed by atoms with Crippen molar-refractivity contribution in [3.8, 4) is 5.75 Å². The summed E-state index contributed by atoms with van der Waals surface area (Å²) in [5.74, 6) is 0.216. The van der Waals surface area contributed by atoms with Crippen molar-refractivity contribution in [2.24, 2.45) is 11.3 Å². The van der Waals surface area contributed by atoms with E-state index in [4.69, 9.17) is 4.74 Å². The number of aliphatic hydroxyl groups is 1. The summed E-state index contributed by atoms with van der Waals surface area (Å²) in [5.41, 5.74) is 0.282. The van der Waals surface area contributed by atoms with Crippen molar-refractivity contribution in [1.29, 1.82) is 0 Å². The first-order valence-corrected chi connectivity index (χ1v) is 10.3. The Labute approximate surface area is 170 Å². The van der Waals surface area contributed by atoms with Crippen LogP contribution in [0.4, 0.5) is 13.2 Å². The lowest BCUT2D eigenvalue weighted by molar-refractivity contribution is -0.138. The van der Waals surface area contributed by atoms with Gasteiger partial charge in [-0.2, -0.15) is 13.2 Å². The predicted molar refractivity (Wildman–Crippen MR) is 108 cm³/mol. The number of ether oxygens (including phenoxy) is 1. The van der Waals surface area contributed by atoms with Crippen LogP contribution in [-0.4, -0.2) is 22.8 Å². The van der Waals surface area contributed by atoms with Gasteiger partial charge in [-0.05, 0) is 55.2 Å². The van der Waals surface area contributed by atoms with Crippen LogP contribution in [0.15, 0.2) is 24.3 Å². The lowest BCUT2D eigenvalue weighted by Gasteiger charge is -2.37. The van der Waals surface area contributed by atoms with E-state index in [1.807, 2.05) is 0 Å². The van der Waals surface area contributed by atoms with Gasteiger partial charge in [-0.25, -0.2) is 0 Å². The molecule has 1 aliphatic rings. The first-order valence-electron chi connectivity index (χ1n) is 10.3. The highest BCUT2D eigenvalue weighted by molar-refractivity contribution is 5.85. The van der Waals surface area contributed by atoms with Crippen molar-refractivity contribution < 1.29 is 23.0 Å². The van der Waals surface area contributed by atoms with Gasteiger partial charge in [0.15, 0.2) is 0 Å². The number of halogens is 3. The summed E-state index contributed by atoms with van der Waals surface area (Å²) in [6.07, 6.45) is -1.28. The summed E-state index contributed by atoms with van der Waals surface area (Å²) in [7, 11) is 0. The maximum atomic E-state index is 13.9. The van der Waals surface area contributed by atoms with E-state index in [1.54, 1.807) is 19.1 Å². The molecule has 0 bridgehead atoms. The molecule has 1 fully saturated rings. The molecule has 1 unspecified atom stereocenters. The highest BCUT2D eigenvalue weighted by Gasteiger charge is 2.38. The molecule has 160 valence electrons. The van der Waals surface area contributed by atoms with Crippen LogP contribution in [0.25, 0.3) is 10.9 Å². The van der Waals surface area contributed by atoms with Gasteiger partial charge < -0.3 is 9.84 Å². The van der Waals surface area contributed by atoms with E-state index in [0.717, 1.165) is 25.7 Å². The standard InChI is InChI=1S/C23H30F3NO2/c1-14(13-28)18-10-9-17-19(27-18)11-12-20(21(17)23(24,25)26)29-16-7-5-15(6-8-16)22(2,3)4/h9-12,14-16,28H,5-8,13H2,1-4H3. The van der Waals surface area contributed by atoms with Crippen LogP contribution in [0.3, 0.4) is 0 Å². The normalized spacial score (nSPS) is 21.9. The van der Waals surface area contributed by atoms with Crippen LogP contribution in [0.5, 0.6) is 5.75 Å². The SMILES string of the molecule is CC(CO)c1ccc2c(C(F)(F)F)c(OC3CCC(C(C)(C)C)CC3)ccc2n1. The van der Waals surface area contributed by atoms with Crippen molar-refractivity contribution in [2.45, 2.75) is 71.6 Å². The third-order valence-electron chi connectivity index (χ3n) is 6.11. The van der Waals surface area contributed by atoms with E-state index in [1.165, 1.54) is 12.1 Å². The van der Waals surface area contributed by atoms with Gasteiger partial charge in [0.25, 0.3) is 0 Å². The van der Waals surface area contributed by atoms with Crippen molar-refractivity contribution in [3.05, 3.63) is 35.5 Å². The second-order valence-electron chi connectivity index (χ2n) is 9.28. The second-order valence-corrected chi connectivity index (χ2v) is 9.28. The number of alkyl halides is 3. The van der Waals surface area contributed by atoms with Gasteiger partial charge >= 0.3 is 6.18 Å². The minimum Gasteiger partial charge on any atom is -0.490 e. The molecule has 1 N–H and O–H groups in total.